The Morgan fingerprint density at radius 2 is 2.19 bits per heavy atom. The molecule has 0 radical (unpaired) electrons. The summed E-state index contributed by atoms with van der Waals surface area (Å²) in [5, 5.41) is 3.79. The van der Waals surface area contributed by atoms with E-state index in [2.05, 4.69) is 24.2 Å². The summed E-state index contributed by atoms with van der Waals surface area (Å²) in [5.41, 5.74) is 0. The van der Waals surface area contributed by atoms with E-state index in [1.165, 1.54) is 25.9 Å². The van der Waals surface area contributed by atoms with Crippen molar-refractivity contribution in [1.82, 2.24) is 10.2 Å². The molecule has 0 aromatic carbocycles. The van der Waals surface area contributed by atoms with E-state index in [4.69, 9.17) is 0 Å². The Morgan fingerprint density at radius 3 is 2.75 bits per heavy atom. The summed E-state index contributed by atoms with van der Waals surface area (Å²) in [7, 11) is 1.49. The van der Waals surface area contributed by atoms with Crippen molar-refractivity contribution in [3.05, 3.63) is 0 Å². The molecule has 1 aliphatic rings. The van der Waals surface area contributed by atoms with Gasteiger partial charge in [-0.05, 0) is 46.2 Å². The summed E-state index contributed by atoms with van der Waals surface area (Å²) >= 11 is 0. The summed E-state index contributed by atoms with van der Waals surface area (Å²) in [6, 6.07) is 0.536. The highest BCUT2D eigenvalue weighted by molar-refractivity contribution is 7.84. The molecule has 0 aromatic heterocycles. The number of nitrogens with zero attached hydrogens (tertiary/aromatic N) is 1. The van der Waals surface area contributed by atoms with Crippen molar-refractivity contribution in [2.75, 3.05) is 32.9 Å². The molecule has 1 rings (SSSR count). The quantitative estimate of drug-likeness (QED) is 0.788. The van der Waals surface area contributed by atoms with Crippen molar-refractivity contribution in [2.24, 2.45) is 5.92 Å². The normalized spacial score (nSPS) is 28.6. The molecule has 0 aliphatic carbocycles. The van der Waals surface area contributed by atoms with E-state index in [-0.39, 0.29) is 5.25 Å². The molecule has 4 unspecified atom stereocenters. The first kappa shape index (κ1) is 14.1. The lowest BCUT2D eigenvalue weighted by atomic mass is 9.92. The van der Waals surface area contributed by atoms with E-state index < -0.39 is 10.8 Å². The third-order valence-electron chi connectivity index (χ3n) is 3.66. The Labute approximate surface area is 102 Å². The van der Waals surface area contributed by atoms with Crippen LogP contribution in [0.3, 0.4) is 0 Å². The van der Waals surface area contributed by atoms with Crippen LogP contribution < -0.4 is 5.32 Å². The van der Waals surface area contributed by atoms with E-state index in [1.54, 1.807) is 6.26 Å². The van der Waals surface area contributed by atoms with Gasteiger partial charge in [0.1, 0.15) is 0 Å². The number of likely N-dealkylation sites (tertiary alicyclic amines) is 1. The third-order valence-corrected chi connectivity index (χ3v) is 4.96. The first-order valence-electron chi connectivity index (χ1n) is 6.25. The average molecular weight is 246 g/mol. The van der Waals surface area contributed by atoms with Crippen LogP contribution in [0.5, 0.6) is 0 Å². The highest BCUT2D eigenvalue weighted by Crippen LogP contribution is 2.18. The highest BCUT2D eigenvalue weighted by Gasteiger charge is 2.22. The summed E-state index contributed by atoms with van der Waals surface area (Å²) < 4.78 is 11.2. The largest absolute Gasteiger partial charge is 0.313 e. The van der Waals surface area contributed by atoms with Gasteiger partial charge in [0.25, 0.3) is 0 Å². The van der Waals surface area contributed by atoms with Crippen molar-refractivity contribution in [1.29, 1.82) is 0 Å². The zero-order valence-electron chi connectivity index (χ0n) is 11.0. The minimum Gasteiger partial charge on any atom is -0.313 e. The maximum atomic E-state index is 11.2. The smallest absolute Gasteiger partial charge is 0.0441 e. The predicted molar refractivity (Wildman–Crippen MR) is 71.2 cm³/mol. The number of hydrogen-bond donors (Lipinski definition) is 1. The molecule has 0 spiro atoms. The van der Waals surface area contributed by atoms with Crippen LogP contribution in [0.1, 0.15) is 26.7 Å². The van der Waals surface area contributed by atoms with E-state index in [1.807, 2.05) is 6.92 Å². The highest BCUT2D eigenvalue weighted by atomic mass is 32.2. The Kier molecular flexibility index (Phi) is 5.94. The minimum atomic E-state index is -0.712. The van der Waals surface area contributed by atoms with Crippen molar-refractivity contribution >= 4 is 10.8 Å². The molecule has 0 aromatic rings. The maximum absolute atomic E-state index is 11.2. The minimum absolute atomic E-state index is 0.253. The van der Waals surface area contributed by atoms with Gasteiger partial charge < -0.3 is 10.2 Å². The second kappa shape index (κ2) is 6.72. The number of piperidine rings is 1. The Bertz CT molecular complexity index is 235. The standard InChI is InChI=1S/C12H26N2OS/c1-10(16(4)15)8-13-11(2)12-6-5-7-14(3)9-12/h10-13H,5-9H2,1-4H3. The van der Waals surface area contributed by atoms with Crippen LogP contribution in [-0.4, -0.2) is 53.3 Å². The molecule has 0 saturated carbocycles. The van der Waals surface area contributed by atoms with Gasteiger partial charge >= 0.3 is 0 Å². The molecule has 1 fully saturated rings. The van der Waals surface area contributed by atoms with Crippen molar-refractivity contribution in [2.45, 2.75) is 38.0 Å². The zero-order valence-corrected chi connectivity index (χ0v) is 11.8. The molecule has 0 bridgehead atoms. The van der Waals surface area contributed by atoms with Gasteiger partial charge in [-0.2, -0.15) is 0 Å². The maximum Gasteiger partial charge on any atom is 0.0441 e. The molecule has 1 aliphatic heterocycles. The Hall–Kier alpha value is 0.0700. The summed E-state index contributed by atoms with van der Waals surface area (Å²) in [6.07, 6.45) is 4.41. The lowest BCUT2D eigenvalue weighted by Crippen LogP contribution is -2.45. The van der Waals surface area contributed by atoms with Crippen LogP contribution in [-0.2, 0) is 10.8 Å². The average Bonchev–Trinajstić information content (AvgIpc) is 2.25. The van der Waals surface area contributed by atoms with Gasteiger partial charge in [0.2, 0.25) is 0 Å². The molecule has 4 atom stereocenters. The molecule has 96 valence electrons. The zero-order chi connectivity index (χ0) is 12.1. The molecule has 16 heavy (non-hydrogen) atoms. The summed E-state index contributed by atoms with van der Waals surface area (Å²) in [6.45, 7) is 7.60. The molecule has 0 amide bonds. The van der Waals surface area contributed by atoms with Gasteiger partial charge in [0.15, 0.2) is 0 Å². The van der Waals surface area contributed by atoms with Crippen LogP contribution in [0.2, 0.25) is 0 Å². The van der Waals surface area contributed by atoms with Gasteiger partial charge in [0.05, 0.1) is 0 Å². The molecule has 4 heteroatoms. The lowest BCUT2D eigenvalue weighted by molar-refractivity contribution is 0.179. The van der Waals surface area contributed by atoms with E-state index in [0.29, 0.717) is 6.04 Å². The number of nitrogens with one attached hydrogen (secondary N) is 1. The molecule has 3 nitrogen and oxygen atoms in total. The molecular weight excluding hydrogens is 220 g/mol. The van der Waals surface area contributed by atoms with Gasteiger partial charge in [-0.3, -0.25) is 4.21 Å². The first-order valence-corrected chi connectivity index (χ1v) is 7.87. The van der Waals surface area contributed by atoms with Crippen molar-refractivity contribution in [3.63, 3.8) is 0 Å². The summed E-state index contributed by atoms with van der Waals surface area (Å²) in [4.78, 5) is 2.41. The molecule has 1 saturated heterocycles. The van der Waals surface area contributed by atoms with E-state index in [0.717, 1.165) is 12.5 Å². The van der Waals surface area contributed by atoms with Gasteiger partial charge in [-0.15, -0.1) is 0 Å². The number of hydrogen-bond acceptors (Lipinski definition) is 3. The van der Waals surface area contributed by atoms with E-state index >= 15 is 0 Å². The van der Waals surface area contributed by atoms with Crippen LogP contribution in [0.15, 0.2) is 0 Å². The number of rotatable bonds is 5. The second-order valence-corrected chi connectivity index (χ2v) is 6.97. The van der Waals surface area contributed by atoms with Crippen LogP contribution in [0.4, 0.5) is 0 Å². The van der Waals surface area contributed by atoms with Crippen molar-refractivity contribution in [3.8, 4) is 0 Å². The van der Waals surface area contributed by atoms with Gasteiger partial charge in [0, 0.05) is 41.4 Å². The van der Waals surface area contributed by atoms with Crippen molar-refractivity contribution < 1.29 is 4.21 Å². The fraction of sp³-hybridized carbons (Fsp3) is 1.00. The second-order valence-electron chi connectivity index (χ2n) is 5.17. The molecular formula is C12H26N2OS. The summed E-state index contributed by atoms with van der Waals surface area (Å²) in [5.74, 6) is 0.747. The SMILES string of the molecule is CC(NCC(C)S(C)=O)C1CCCN(C)C1. The molecule has 1 N–H and O–H groups in total. The fourth-order valence-corrected chi connectivity index (χ4v) is 2.58. The van der Waals surface area contributed by atoms with Gasteiger partial charge in [-0.25, -0.2) is 0 Å². The lowest BCUT2D eigenvalue weighted by Gasteiger charge is -2.34. The van der Waals surface area contributed by atoms with Crippen LogP contribution in [0, 0.1) is 5.92 Å². The molecule has 1 heterocycles. The Balaban J connectivity index is 2.28. The third kappa shape index (κ3) is 4.52. The van der Waals surface area contributed by atoms with Gasteiger partial charge in [-0.1, -0.05) is 0 Å². The first-order chi connectivity index (χ1) is 7.50. The fourth-order valence-electron chi connectivity index (χ4n) is 2.25. The van der Waals surface area contributed by atoms with Crippen LogP contribution >= 0.6 is 0 Å². The predicted octanol–water partition coefficient (Wildman–Crippen LogP) is 1.07. The topological polar surface area (TPSA) is 32.3 Å². The van der Waals surface area contributed by atoms with Crippen LogP contribution in [0.25, 0.3) is 0 Å². The monoisotopic (exact) mass is 246 g/mol. The Morgan fingerprint density at radius 1 is 1.50 bits per heavy atom. The van der Waals surface area contributed by atoms with E-state index in [9.17, 15) is 4.21 Å².